The van der Waals surface area contributed by atoms with Gasteiger partial charge in [0.05, 0.1) is 6.61 Å². The van der Waals surface area contributed by atoms with Crippen molar-refractivity contribution in [3.63, 3.8) is 0 Å². The highest BCUT2D eigenvalue weighted by Crippen LogP contribution is 2.24. The molecule has 0 atom stereocenters. The zero-order valence-corrected chi connectivity index (χ0v) is 12.3. The predicted molar refractivity (Wildman–Crippen MR) is 82.3 cm³/mol. The monoisotopic (exact) mass is 285 g/mol. The molecule has 0 amide bonds. The van der Waals surface area contributed by atoms with E-state index in [1.54, 1.807) is 25.1 Å². The van der Waals surface area contributed by atoms with Crippen LogP contribution >= 0.6 is 0 Å². The maximum absolute atomic E-state index is 11.9. The molecule has 4 heteroatoms. The molecule has 0 radical (unpaired) electrons. The first-order valence-corrected chi connectivity index (χ1v) is 6.85. The maximum Gasteiger partial charge on any atom is 0.341 e. The Morgan fingerprint density at radius 1 is 1.14 bits per heavy atom. The first-order chi connectivity index (χ1) is 10.1. The predicted octanol–water partition coefficient (Wildman–Crippen LogP) is 3.33. The van der Waals surface area contributed by atoms with Crippen molar-refractivity contribution in [3.8, 4) is 5.75 Å². The molecule has 2 N–H and O–H groups in total. The van der Waals surface area contributed by atoms with Crippen molar-refractivity contribution in [1.82, 2.24) is 0 Å². The molecule has 2 aromatic carbocycles. The Morgan fingerprint density at radius 2 is 1.86 bits per heavy atom. The fraction of sp³-hybridized carbons (Fsp3) is 0.235. The average molecular weight is 285 g/mol. The van der Waals surface area contributed by atoms with Gasteiger partial charge in [-0.2, -0.15) is 0 Å². The van der Waals surface area contributed by atoms with Crippen LogP contribution in [0.2, 0.25) is 0 Å². The summed E-state index contributed by atoms with van der Waals surface area (Å²) in [7, 11) is 0. The highest BCUT2D eigenvalue weighted by atomic mass is 16.5. The van der Waals surface area contributed by atoms with Crippen LogP contribution in [0.25, 0.3) is 0 Å². The van der Waals surface area contributed by atoms with E-state index >= 15 is 0 Å². The third kappa shape index (κ3) is 3.99. The number of carbonyl (C=O) groups is 1. The van der Waals surface area contributed by atoms with Gasteiger partial charge in [0.25, 0.3) is 0 Å². The number of nitrogens with two attached hydrogens (primary N) is 1. The number of hydrogen-bond acceptors (Lipinski definition) is 4. The number of aryl methyl sites for hydroxylation is 1. The highest BCUT2D eigenvalue weighted by Gasteiger charge is 2.14. The number of nitrogen functional groups attached to an aromatic ring is 1. The second-order valence-electron chi connectivity index (χ2n) is 4.75. The Kier molecular flexibility index (Phi) is 4.82. The van der Waals surface area contributed by atoms with Crippen LogP contribution in [0.4, 0.5) is 5.69 Å². The molecule has 0 saturated heterocycles. The van der Waals surface area contributed by atoms with Crippen LogP contribution in [0.5, 0.6) is 5.75 Å². The van der Waals surface area contributed by atoms with Gasteiger partial charge >= 0.3 is 5.97 Å². The van der Waals surface area contributed by atoms with E-state index in [0.717, 1.165) is 5.56 Å². The summed E-state index contributed by atoms with van der Waals surface area (Å²) in [5.41, 5.74) is 8.90. The molecule has 0 bridgehead atoms. The molecule has 0 aliphatic carbocycles. The van der Waals surface area contributed by atoms with Gasteiger partial charge in [0.1, 0.15) is 17.9 Å². The lowest BCUT2D eigenvalue weighted by Crippen LogP contribution is -2.08. The first-order valence-electron chi connectivity index (χ1n) is 6.85. The summed E-state index contributed by atoms with van der Waals surface area (Å²) < 4.78 is 10.7. The normalized spacial score (nSPS) is 10.2. The maximum atomic E-state index is 11.9. The lowest BCUT2D eigenvalue weighted by Gasteiger charge is -2.12. The Morgan fingerprint density at radius 3 is 2.52 bits per heavy atom. The van der Waals surface area contributed by atoms with Gasteiger partial charge in [0.15, 0.2) is 0 Å². The number of hydrogen-bond donors (Lipinski definition) is 1. The van der Waals surface area contributed by atoms with Gasteiger partial charge in [-0.15, -0.1) is 0 Å². The van der Waals surface area contributed by atoms with Crippen molar-refractivity contribution in [3.05, 3.63) is 59.2 Å². The quantitative estimate of drug-likeness (QED) is 0.676. The third-order valence-corrected chi connectivity index (χ3v) is 3.02. The average Bonchev–Trinajstić information content (AvgIpc) is 2.47. The molecular formula is C17H19NO3. The van der Waals surface area contributed by atoms with Crippen LogP contribution in [0.3, 0.4) is 0 Å². The van der Waals surface area contributed by atoms with Crippen molar-refractivity contribution >= 4 is 11.7 Å². The van der Waals surface area contributed by atoms with Gasteiger partial charge in [-0.3, -0.25) is 0 Å². The van der Waals surface area contributed by atoms with Crippen molar-refractivity contribution in [2.45, 2.75) is 20.5 Å². The van der Waals surface area contributed by atoms with Crippen LogP contribution in [0, 0.1) is 6.92 Å². The van der Waals surface area contributed by atoms with Gasteiger partial charge in [0.2, 0.25) is 0 Å². The van der Waals surface area contributed by atoms with E-state index in [0.29, 0.717) is 30.2 Å². The molecular weight excluding hydrogens is 266 g/mol. The zero-order chi connectivity index (χ0) is 15.2. The van der Waals surface area contributed by atoms with Gasteiger partial charge in [0, 0.05) is 11.8 Å². The Hall–Kier alpha value is -2.49. The van der Waals surface area contributed by atoms with Gasteiger partial charge < -0.3 is 15.2 Å². The summed E-state index contributed by atoms with van der Waals surface area (Å²) in [6, 6.07) is 12.9. The summed E-state index contributed by atoms with van der Waals surface area (Å²) in [5, 5.41) is 0. The van der Waals surface area contributed by atoms with E-state index in [-0.39, 0.29) is 0 Å². The number of carbonyl (C=O) groups excluding carboxylic acids is 1. The third-order valence-electron chi connectivity index (χ3n) is 3.02. The van der Waals surface area contributed by atoms with Crippen molar-refractivity contribution in [1.29, 1.82) is 0 Å². The molecule has 0 saturated carbocycles. The van der Waals surface area contributed by atoms with E-state index in [9.17, 15) is 4.79 Å². The van der Waals surface area contributed by atoms with Crippen molar-refractivity contribution < 1.29 is 14.3 Å². The number of benzene rings is 2. The second-order valence-corrected chi connectivity index (χ2v) is 4.75. The fourth-order valence-electron chi connectivity index (χ4n) is 1.88. The smallest absolute Gasteiger partial charge is 0.341 e. The van der Waals surface area contributed by atoms with E-state index < -0.39 is 5.97 Å². The Labute approximate surface area is 124 Å². The molecule has 4 nitrogen and oxygen atoms in total. The van der Waals surface area contributed by atoms with Gasteiger partial charge in [-0.05, 0) is 31.5 Å². The summed E-state index contributed by atoms with van der Waals surface area (Å²) in [6.45, 7) is 4.49. The molecule has 2 rings (SSSR count). The minimum absolute atomic E-state index is 0.320. The molecule has 0 aromatic heterocycles. The molecule has 2 aromatic rings. The van der Waals surface area contributed by atoms with Crippen LogP contribution in [-0.2, 0) is 11.3 Å². The molecule has 0 unspecified atom stereocenters. The van der Waals surface area contributed by atoms with Crippen LogP contribution < -0.4 is 10.5 Å². The number of esters is 1. The molecule has 110 valence electrons. The summed E-state index contributed by atoms with van der Waals surface area (Å²) in [5.74, 6) is 0.0328. The standard InChI is InChI=1S/C17H19NO3/c1-3-20-17(19)15-9-8-14(18)10-16(15)21-11-13-6-4-12(2)5-7-13/h4-10H,3,11,18H2,1-2H3. The molecule has 0 aliphatic heterocycles. The van der Waals surface area contributed by atoms with E-state index in [1.807, 2.05) is 31.2 Å². The molecule has 0 aliphatic rings. The van der Waals surface area contributed by atoms with E-state index in [4.69, 9.17) is 15.2 Å². The van der Waals surface area contributed by atoms with Crippen molar-refractivity contribution in [2.24, 2.45) is 0 Å². The minimum atomic E-state index is -0.406. The van der Waals surface area contributed by atoms with E-state index in [2.05, 4.69) is 0 Å². The largest absolute Gasteiger partial charge is 0.488 e. The number of rotatable bonds is 5. The van der Waals surface area contributed by atoms with Crippen LogP contribution in [-0.4, -0.2) is 12.6 Å². The van der Waals surface area contributed by atoms with Gasteiger partial charge in [-0.25, -0.2) is 4.79 Å². The molecule has 21 heavy (non-hydrogen) atoms. The SMILES string of the molecule is CCOC(=O)c1ccc(N)cc1OCc1ccc(C)cc1. The Bertz CT molecular complexity index is 620. The lowest BCUT2D eigenvalue weighted by molar-refractivity contribution is 0.0521. The van der Waals surface area contributed by atoms with Crippen molar-refractivity contribution in [2.75, 3.05) is 12.3 Å². The van der Waals surface area contributed by atoms with Crippen LogP contribution in [0.1, 0.15) is 28.4 Å². The van der Waals surface area contributed by atoms with Gasteiger partial charge in [-0.1, -0.05) is 29.8 Å². The summed E-state index contributed by atoms with van der Waals surface area (Å²) in [4.78, 5) is 11.9. The topological polar surface area (TPSA) is 61.5 Å². The summed E-state index contributed by atoms with van der Waals surface area (Å²) in [6.07, 6.45) is 0. The number of ether oxygens (including phenoxy) is 2. The second kappa shape index (κ2) is 6.79. The van der Waals surface area contributed by atoms with Crippen LogP contribution in [0.15, 0.2) is 42.5 Å². The zero-order valence-electron chi connectivity index (χ0n) is 12.3. The lowest BCUT2D eigenvalue weighted by atomic mass is 10.1. The first kappa shape index (κ1) is 14.9. The fourth-order valence-corrected chi connectivity index (χ4v) is 1.88. The summed E-state index contributed by atoms with van der Waals surface area (Å²) >= 11 is 0. The molecule has 0 fully saturated rings. The van der Waals surface area contributed by atoms with E-state index in [1.165, 1.54) is 5.56 Å². The Balaban J connectivity index is 2.16. The molecule has 0 heterocycles. The number of anilines is 1. The minimum Gasteiger partial charge on any atom is -0.488 e. The molecule has 0 spiro atoms. The highest BCUT2D eigenvalue weighted by molar-refractivity contribution is 5.93.